The average Bonchev–Trinajstić information content (AvgIpc) is 2.34. The number of hydrogen-bond acceptors (Lipinski definition) is 4. The Morgan fingerprint density at radius 3 is 2.72 bits per heavy atom. The van der Waals surface area contributed by atoms with Crippen LogP contribution in [-0.2, 0) is 0 Å². The summed E-state index contributed by atoms with van der Waals surface area (Å²) in [6.45, 7) is 2.10. The zero-order valence-electron chi connectivity index (χ0n) is 10.6. The van der Waals surface area contributed by atoms with Gasteiger partial charge in [0.1, 0.15) is 12.1 Å². The number of nitrogens with zero attached hydrogens (tertiary/aromatic N) is 3. The Hall–Kier alpha value is -1.62. The first-order chi connectivity index (χ1) is 8.58. The zero-order valence-corrected chi connectivity index (χ0v) is 12.2. The number of halogens is 1. The zero-order chi connectivity index (χ0) is 13.1. The normalized spacial score (nSPS) is 10.2. The molecule has 0 fully saturated rings. The molecule has 0 aliphatic rings. The Labute approximate surface area is 115 Å². The quantitative estimate of drug-likeness (QED) is 0.944. The van der Waals surface area contributed by atoms with Gasteiger partial charge in [-0.1, -0.05) is 6.07 Å². The van der Waals surface area contributed by atoms with Gasteiger partial charge in [-0.2, -0.15) is 0 Å². The molecular formula is C13H15BrN4. The maximum Gasteiger partial charge on any atom is 0.148 e. The largest absolute Gasteiger partial charge is 0.377 e. The van der Waals surface area contributed by atoms with Gasteiger partial charge in [0.2, 0.25) is 0 Å². The third-order valence-electron chi connectivity index (χ3n) is 2.62. The number of rotatable bonds is 3. The van der Waals surface area contributed by atoms with Gasteiger partial charge in [0, 0.05) is 31.7 Å². The van der Waals surface area contributed by atoms with Gasteiger partial charge in [-0.15, -0.1) is 0 Å². The molecule has 1 N–H and O–H groups in total. The third-order valence-corrected chi connectivity index (χ3v) is 3.20. The van der Waals surface area contributed by atoms with E-state index in [1.807, 2.05) is 20.2 Å². The molecule has 0 aliphatic carbocycles. The molecule has 18 heavy (non-hydrogen) atoms. The lowest BCUT2D eigenvalue weighted by atomic mass is 10.1. The molecule has 1 aromatic carbocycles. The van der Waals surface area contributed by atoms with Crippen molar-refractivity contribution in [3.8, 4) is 0 Å². The van der Waals surface area contributed by atoms with E-state index in [4.69, 9.17) is 0 Å². The van der Waals surface area contributed by atoms with E-state index in [-0.39, 0.29) is 0 Å². The highest BCUT2D eigenvalue weighted by Gasteiger charge is 2.05. The highest BCUT2D eigenvalue weighted by molar-refractivity contribution is 9.10. The van der Waals surface area contributed by atoms with Gasteiger partial charge < -0.3 is 10.2 Å². The molecule has 1 aromatic heterocycles. The molecular weight excluding hydrogens is 292 g/mol. The van der Waals surface area contributed by atoms with E-state index >= 15 is 0 Å². The number of nitrogens with one attached hydrogen (secondary N) is 1. The molecule has 0 bridgehead atoms. The van der Waals surface area contributed by atoms with Crippen LogP contribution in [-0.4, -0.2) is 24.1 Å². The minimum absolute atomic E-state index is 0.763. The van der Waals surface area contributed by atoms with E-state index in [2.05, 4.69) is 55.2 Å². The number of hydrogen-bond donors (Lipinski definition) is 1. The van der Waals surface area contributed by atoms with Gasteiger partial charge >= 0.3 is 0 Å². The first-order valence-corrected chi connectivity index (χ1v) is 6.37. The van der Waals surface area contributed by atoms with Crippen LogP contribution in [0.2, 0.25) is 0 Å². The van der Waals surface area contributed by atoms with Gasteiger partial charge in [0.25, 0.3) is 0 Å². The maximum absolute atomic E-state index is 4.19. The predicted octanol–water partition coefficient (Wildman–Crippen LogP) is 3.36. The molecule has 0 atom stereocenters. The minimum atomic E-state index is 0.763. The Morgan fingerprint density at radius 2 is 2.06 bits per heavy atom. The van der Waals surface area contributed by atoms with Crippen molar-refractivity contribution in [1.82, 2.24) is 9.97 Å². The highest BCUT2D eigenvalue weighted by atomic mass is 79.9. The smallest absolute Gasteiger partial charge is 0.148 e. The molecule has 0 radical (unpaired) electrons. The van der Waals surface area contributed by atoms with Crippen molar-refractivity contribution in [3.63, 3.8) is 0 Å². The lowest BCUT2D eigenvalue weighted by Crippen LogP contribution is -2.10. The second-order valence-electron chi connectivity index (χ2n) is 4.24. The van der Waals surface area contributed by atoms with Gasteiger partial charge in [-0.3, -0.25) is 0 Å². The van der Waals surface area contributed by atoms with Crippen LogP contribution in [0.1, 0.15) is 5.56 Å². The molecule has 0 aliphatic heterocycles. The fourth-order valence-corrected chi connectivity index (χ4v) is 2.03. The van der Waals surface area contributed by atoms with Crippen LogP contribution in [0.4, 0.5) is 17.2 Å². The number of benzene rings is 1. The van der Waals surface area contributed by atoms with Gasteiger partial charge in [0.15, 0.2) is 0 Å². The fraction of sp³-hybridized carbons (Fsp3) is 0.231. The van der Waals surface area contributed by atoms with Crippen LogP contribution in [0.25, 0.3) is 0 Å². The molecule has 5 heteroatoms. The summed E-state index contributed by atoms with van der Waals surface area (Å²) in [5.41, 5.74) is 3.43. The second kappa shape index (κ2) is 5.35. The van der Waals surface area contributed by atoms with E-state index < -0.39 is 0 Å². The van der Waals surface area contributed by atoms with Crippen molar-refractivity contribution in [2.75, 3.05) is 24.3 Å². The summed E-state index contributed by atoms with van der Waals surface area (Å²) in [5.74, 6) is 0.763. The molecule has 2 rings (SSSR count). The lowest BCUT2D eigenvalue weighted by Gasteiger charge is -2.17. The Kier molecular flexibility index (Phi) is 3.81. The second-order valence-corrected chi connectivity index (χ2v) is 5.09. The fourth-order valence-electron chi connectivity index (χ4n) is 1.71. The number of anilines is 3. The highest BCUT2D eigenvalue weighted by Crippen LogP contribution is 2.26. The average molecular weight is 307 g/mol. The third kappa shape index (κ3) is 2.79. The standard InChI is InChI=1S/C13H15BrN4/c1-9-4-5-10(6-12(9)18(2)3)17-13-11(14)7-15-8-16-13/h4-8H,1-3H3,(H,15,16,17). The molecule has 0 spiro atoms. The number of aryl methyl sites for hydroxylation is 1. The molecule has 1 heterocycles. The summed E-state index contributed by atoms with van der Waals surface area (Å²) in [4.78, 5) is 10.2. The van der Waals surface area contributed by atoms with Crippen LogP contribution in [0.15, 0.2) is 35.2 Å². The van der Waals surface area contributed by atoms with Crippen LogP contribution >= 0.6 is 15.9 Å². The summed E-state index contributed by atoms with van der Waals surface area (Å²) in [6, 6.07) is 6.23. The van der Waals surface area contributed by atoms with Crippen molar-refractivity contribution in [3.05, 3.63) is 40.8 Å². The van der Waals surface area contributed by atoms with Gasteiger partial charge in [0.05, 0.1) is 4.47 Å². The van der Waals surface area contributed by atoms with E-state index in [1.165, 1.54) is 17.6 Å². The SMILES string of the molecule is Cc1ccc(Nc2ncncc2Br)cc1N(C)C. The van der Waals surface area contributed by atoms with E-state index in [1.54, 1.807) is 6.20 Å². The van der Waals surface area contributed by atoms with Crippen molar-refractivity contribution in [2.45, 2.75) is 6.92 Å². The van der Waals surface area contributed by atoms with E-state index in [0.717, 1.165) is 16.0 Å². The van der Waals surface area contributed by atoms with Crippen LogP contribution < -0.4 is 10.2 Å². The van der Waals surface area contributed by atoms with Gasteiger partial charge in [-0.05, 0) is 40.5 Å². The Morgan fingerprint density at radius 1 is 1.28 bits per heavy atom. The Bertz CT molecular complexity index is 554. The molecule has 94 valence electrons. The first kappa shape index (κ1) is 12.8. The summed E-state index contributed by atoms with van der Waals surface area (Å²) < 4.78 is 0.844. The topological polar surface area (TPSA) is 41.1 Å². The molecule has 0 unspecified atom stereocenters. The van der Waals surface area contributed by atoms with Crippen molar-refractivity contribution >= 4 is 33.1 Å². The monoisotopic (exact) mass is 306 g/mol. The van der Waals surface area contributed by atoms with Gasteiger partial charge in [-0.25, -0.2) is 9.97 Å². The molecule has 2 aromatic rings. The molecule has 0 saturated heterocycles. The van der Waals surface area contributed by atoms with Crippen molar-refractivity contribution in [2.24, 2.45) is 0 Å². The number of aromatic nitrogens is 2. The molecule has 4 nitrogen and oxygen atoms in total. The van der Waals surface area contributed by atoms with Crippen LogP contribution in [0.5, 0.6) is 0 Å². The van der Waals surface area contributed by atoms with Crippen LogP contribution in [0, 0.1) is 6.92 Å². The predicted molar refractivity (Wildman–Crippen MR) is 78.5 cm³/mol. The Balaban J connectivity index is 2.30. The molecule has 0 amide bonds. The molecule has 0 saturated carbocycles. The van der Waals surface area contributed by atoms with E-state index in [9.17, 15) is 0 Å². The lowest BCUT2D eigenvalue weighted by molar-refractivity contribution is 1.11. The summed E-state index contributed by atoms with van der Waals surface area (Å²) >= 11 is 3.42. The van der Waals surface area contributed by atoms with Crippen molar-refractivity contribution in [1.29, 1.82) is 0 Å². The van der Waals surface area contributed by atoms with Crippen molar-refractivity contribution < 1.29 is 0 Å². The maximum atomic E-state index is 4.19. The minimum Gasteiger partial charge on any atom is -0.377 e. The first-order valence-electron chi connectivity index (χ1n) is 5.58. The van der Waals surface area contributed by atoms with E-state index in [0.29, 0.717) is 0 Å². The summed E-state index contributed by atoms with van der Waals surface area (Å²) in [6.07, 6.45) is 3.24. The summed E-state index contributed by atoms with van der Waals surface area (Å²) in [5, 5.41) is 3.27. The summed E-state index contributed by atoms with van der Waals surface area (Å²) in [7, 11) is 4.07. The van der Waals surface area contributed by atoms with Crippen LogP contribution in [0.3, 0.4) is 0 Å².